The molecule has 2 N–H and O–H groups in total. The number of carbonyl (C=O) groups is 2. The third kappa shape index (κ3) is 8.94. The predicted octanol–water partition coefficient (Wildman–Crippen LogP) is 0.392. The quantitative estimate of drug-likeness (QED) is 0.625. The largest absolute Gasteiger partial charge is 0.355 e. The zero-order valence-electron chi connectivity index (χ0n) is 10.9. The van der Waals surface area contributed by atoms with Crippen LogP contribution in [0.3, 0.4) is 0 Å². The summed E-state index contributed by atoms with van der Waals surface area (Å²) in [6, 6.07) is 0. The molecule has 6 heteroatoms. The lowest BCUT2D eigenvalue weighted by atomic mass is 10.2. The molecule has 0 aromatic heterocycles. The normalized spacial score (nSPS) is 9.35. The summed E-state index contributed by atoms with van der Waals surface area (Å²) in [7, 11) is 1.83. The number of likely N-dealkylation sites (N-methyl/N-ethyl adjacent to an activating group) is 1. The van der Waals surface area contributed by atoms with Gasteiger partial charge in [-0.2, -0.15) is 0 Å². The van der Waals surface area contributed by atoms with Gasteiger partial charge in [-0.05, 0) is 20.9 Å². The van der Waals surface area contributed by atoms with Crippen molar-refractivity contribution in [1.29, 1.82) is 0 Å². The van der Waals surface area contributed by atoms with E-state index in [0.717, 1.165) is 6.54 Å². The Kier molecular flexibility index (Phi) is 12.7. The standard InChI is InChI=1S/C11H23N3O2.ClH/c1-4-14(5-2)11(16)7-6-10(15)13-9-8-12-3;/h12H,4-9H2,1-3H3,(H,13,15);1H. The Bertz CT molecular complexity index is 221. The minimum atomic E-state index is -0.0595. The first-order valence-corrected chi connectivity index (χ1v) is 5.84. The molecule has 0 fully saturated rings. The van der Waals surface area contributed by atoms with Crippen LogP contribution < -0.4 is 10.6 Å². The summed E-state index contributed by atoms with van der Waals surface area (Å²) in [4.78, 5) is 24.6. The minimum Gasteiger partial charge on any atom is -0.355 e. The van der Waals surface area contributed by atoms with E-state index < -0.39 is 0 Å². The van der Waals surface area contributed by atoms with Crippen LogP contribution in [0.4, 0.5) is 0 Å². The van der Waals surface area contributed by atoms with Crippen LogP contribution in [0.2, 0.25) is 0 Å². The number of carbonyl (C=O) groups excluding carboxylic acids is 2. The van der Waals surface area contributed by atoms with Crippen LogP contribution in [0.1, 0.15) is 26.7 Å². The van der Waals surface area contributed by atoms with Gasteiger partial charge < -0.3 is 15.5 Å². The summed E-state index contributed by atoms with van der Waals surface area (Å²) in [6.45, 7) is 6.64. The molecule has 0 saturated carbocycles. The Morgan fingerprint density at radius 2 is 1.65 bits per heavy atom. The second-order valence-corrected chi connectivity index (χ2v) is 3.52. The first kappa shape index (κ1) is 18.6. The summed E-state index contributed by atoms with van der Waals surface area (Å²) in [5.74, 6) is -0.00970. The lowest BCUT2D eigenvalue weighted by Gasteiger charge is -2.18. The molecule has 0 rings (SSSR count). The zero-order valence-corrected chi connectivity index (χ0v) is 11.7. The fourth-order valence-corrected chi connectivity index (χ4v) is 1.37. The fraction of sp³-hybridized carbons (Fsp3) is 0.818. The van der Waals surface area contributed by atoms with Gasteiger partial charge in [-0.25, -0.2) is 0 Å². The monoisotopic (exact) mass is 265 g/mol. The van der Waals surface area contributed by atoms with Crippen LogP contribution in [0.5, 0.6) is 0 Å². The summed E-state index contributed by atoms with van der Waals surface area (Å²) in [5.41, 5.74) is 0. The number of nitrogens with one attached hydrogen (secondary N) is 2. The highest BCUT2D eigenvalue weighted by atomic mass is 35.5. The van der Waals surface area contributed by atoms with Gasteiger partial charge in [0.1, 0.15) is 0 Å². The first-order chi connectivity index (χ1) is 7.65. The number of nitrogens with zero attached hydrogens (tertiary/aromatic N) is 1. The van der Waals surface area contributed by atoms with Crippen molar-refractivity contribution in [3.8, 4) is 0 Å². The SMILES string of the molecule is CCN(CC)C(=O)CCC(=O)NCCNC.Cl. The maximum Gasteiger partial charge on any atom is 0.223 e. The minimum absolute atomic E-state index is 0. The van der Waals surface area contributed by atoms with Gasteiger partial charge in [0.2, 0.25) is 11.8 Å². The van der Waals surface area contributed by atoms with Crippen molar-refractivity contribution >= 4 is 24.2 Å². The average Bonchev–Trinajstić information content (AvgIpc) is 2.28. The number of hydrogen-bond donors (Lipinski definition) is 2. The van der Waals surface area contributed by atoms with Gasteiger partial charge in [-0.1, -0.05) is 0 Å². The molecule has 0 aliphatic rings. The zero-order chi connectivity index (χ0) is 12.4. The predicted molar refractivity (Wildman–Crippen MR) is 71.3 cm³/mol. The van der Waals surface area contributed by atoms with E-state index in [0.29, 0.717) is 26.1 Å². The Hall–Kier alpha value is -0.810. The van der Waals surface area contributed by atoms with Crippen molar-refractivity contribution in [1.82, 2.24) is 15.5 Å². The number of amides is 2. The van der Waals surface area contributed by atoms with Gasteiger partial charge in [0, 0.05) is 39.0 Å². The number of rotatable bonds is 8. The molecule has 5 nitrogen and oxygen atoms in total. The summed E-state index contributed by atoms with van der Waals surface area (Å²) in [5, 5.41) is 5.68. The fourth-order valence-electron chi connectivity index (χ4n) is 1.37. The third-order valence-corrected chi connectivity index (χ3v) is 2.38. The van der Waals surface area contributed by atoms with E-state index in [9.17, 15) is 9.59 Å². The molecule has 102 valence electrons. The molecule has 0 aliphatic heterocycles. The molecular formula is C11H24ClN3O2. The molecule has 0 aromatic carbocycles. The van der Waals surface area contributed by atoms with Gasteiger partial charge in [-0.3, -0.25) is 9.59 Å². The third-order valence-electron chi connectivity index (χ3n) is 2.38. The summed E-state index contributed by atoms with van der Waals surface area (Å²) in [6.07, 6.45) is 0.576. The molecule has 0 saturated heterocycles. The summed E-state index contributed by atoms with van der Waals surface area (Å²) >= 11 is 0. The van der Waals surface area contributed by atoms with E-state index in [-0.39, 0.29) is 30.6 Å². The van der Waals surface area contributed by atoms with E-state index in [1.54, 1.807) is 4.90 Å². The highest BCUT2D eigenvalue weighted by Crippen LogP contribution is 1.97. The maximum atomic E-state index is 11.6. The van der Waals surface area contributed by atoms with Crippen molar-refractivity contribution in [3.05, 3.63) is 0 Å². The molecule has 0 atom stereocenters. The molecule has 0 radical (unpaired) electrons. The van der Waals surface area contributed by atoms with Crippen molar-refractivity contribution < 1.29 is 9.59 Å². The lowest BCUT2D eigenvalue weighted by molar-refractivity contribution is -0.133. The number of halogens is 1. The molecule has 0 bridgehead atoms. The highest BCUT2D eigenvalue weighted by molar-refractivity contribution is 5.85. The maximum absolute atomic E-state index is 11.6. The van der Waals surface area contributed by atoms with Crippen LogP contribution in [0.25, 0.3) is 0 Å². The Labute approximate surface area is 110 Å². The molecule has 17 heavy (non-hydrogen) atoms. The lowest BCUT2D eigenvalue weighted by Crippen LogP contribution is -2.33. The second kappa shape index (κ2) is 11.7. The Morgan fingerprint density at radius 1 is 1.06 bits per heavy atom. The van der Waals surface area contributed by atoms with Gasteiger partial charge in [-0.15, -0.1) is 12.4 Å². The molecule has 0 spiro atoms. The van der Waals surface area contributed by atoms with Crippen LogP contribution in [-0.2, 0) is 9.59 Å². The van der Waals surface area contributed by atoms with E-state index in [4.69, 9.17) is 0 Å². The highest BCUT2D eigenvalue weighted by Gasteiger charge is 2.11. The van der Waals surface area contributed by atoms with Crippen LogP contribution in [0, 0.1) is 0 Å². The summed E-state index contributed by atoms with van der Waals surface area (Å²) < 4.78 is 0. The number of hydrogen-bond acceptors (Lipinski definition) is 3. The molecule has 0 unspecified atom stereocenters. The van der Waals surface area contributed by atoms with Crippen LogP contribution >= 0.6 is 12.4 Å². The van der Waals surface area contributed by atoms with Crippen LogP contribution in [-0.4, -0.2) is 49.9 Å². The smallest absolute Gasteiger partial charge is 0.223 e. The van der Waals surface area contributed by atoms with Gasteiger partial charge >= 0.3 is 0 Å². The Balaban J connectivity index is 0. The first-order valence-electron chi connectivity index (χ1n) is 5.84. The van der Waals surface area contributed by atoms with E-state index in [1.165, 1.54) is 0 Å². The van der Waals surface area contributed by atoms with Crippen molar-refractivity contribution in [2.75, 3.05) is 33.2 Å². The molecule has 0 aliphatic carbocycles. The Morgan fingerprint density at radius 3 is 2.12 bits per heavy atom. The molecule has 2 amide bonds. The molecular weight excluding hydrogens is 242 g/mol. The van der Waals surface area contributed by atoms with E-state index in [1.807, 2.05) is 20.9 Å². The molecule has 0 aromatic rings. The molecule has 0 heterocycles. The van der Waals surface area contributed by atoms with Crippen molar-refractivity contribution in [2.45, 2.75) is 26.7 Å². The van der Waals surface area contributed by atoms with E-state index in [2.05, 4.69) is 10.6 Å². The van der Waals surface area contributed by atoms with Crippen molar-refractivity contribution in [3.63, 3.8) is 0 Å². The van der Waals surface area contributed by atoms with Gasteiger partial charge in [0.25, 0.3) is 0 Å². The van der Waals surface area contributed by atoms with Crippen LogP contribution in [0.15, 0.2) is 0 Å². The van der Waals surface area contributed by atoms with Crippen molar-refractivity contribution in [2.24, 2.45) is 0 Å². The van der Waals surface area contributed by atoms with Gasteiger partial charge in [0.05, 0.1) is 0 Å². The van der Waals surface area contributed by atoms with E-state index >= 15 is 0 Å². The average molecular weight is 266 g/mol. The van der Waals surface area contributed by atoms with Gasteiger partial charge in [0.15, 0.2) is 0 Å². The second-order valence-electron chi connectivity index (χ2n) is 3.52. The topological polar surface area (TPSA) is 61.4 Å².